The molecular weight excluding hydrogens is 430 g/mol. The number of anilines is 1. The Balaban J connectivity index is 1.91. The van der Waals surface area contributed by atoms with E-state index in [0.717, 1.165) is 44.8 Å². The van der Waals surface area contributed by atoms with E-state index in [0.29, 0.717) is 10.6 Å². The number of hydrogen-bond donors (Lipinski definition) is 2. The van der Waals surface area contributed by atoms with Crippen LogP contribution in [0.15, 0.2) is 54.6 Å². The number of pyridine rings is 1. The van der Waals surface area contributed by atoms with E-state index in [-0.39, 0.29) is 11.4 Å². The molecule has 0 fully saturated rings. The fraction of sp³-hybridized carbons (Fsp3) is 0.259. The number of methoxy groups -OCH3 is 1. The van der Waals surface area contributed by atoms with Crippen LogP contribution in [0, 0.1) is 6.92 Å². The third kappa shape index (κ3) is 4.57. The number of aryl methyl sites for hydroxylation is 1. The number of nitrogen functional groups attached to an aromatic ring is 1. The summed E-state index contributed by atoms with van der Waals surface area (Å²) in [6.45, 7) is 8.12. The summed E-state index contributed by atoms with van der Waals surface area (Å²) in [5.41, 5.74) is 11.7. The number of nitrogens with one attached hydrogen (secondary N) is 1. The van der Waals surface area contributed by atoms with E-state index in [4.69, 9.17) is 15.5 Å². The number of nitrogens with zero attached hydrogens (tertiary/aromatic N) is 1. The van der Waals surface area contributed by atoms with E-state index >= 15 is 0 Å². The lowest BCUT2D eigenvalue weighted by atomic mass is 9.98. The number of hydrogen-bond acceptors (Lipinski definition) is 5. The lowest BCUT2D eigenvalue weighted by molar-refractivity contribution is 0.0916. The van der Waals surface area contributed by atoms with Crippen molar-refractivity contribution in [2.24, 2.45) is 0 Å². The summed E-state index contributed by atoms with van der Waals surface area (Å²) in [4.78, 5) is 19.3. The third-order valence-electron chi connectivity index (χ3n) is 5.99. The van der Waals surface area contributed by atoms with Crippen LogP contribution < -0.4 is 15.8 Å². The van der Waals surface area contributed by atoms with E-state index in [1.165, 1.54) is 16.9 Å². The van der Waals surface area contributed by atoms with E-state index in [9.17, 15) is 4.79 Å². The molecule has 0 bridgehead atoms. The summed E-state index contributed by atoms with van der Waals surface area (Å²) >= 11 is 1.34. The maximum absolute atomic E-state index is 13.1. The Morgan fingerprint density at radius 3 is 2.33 bits per heavy atom. The molecule has 5 nitrogen and oxygen atoms in total. The van der Waals surface area contributed by atoms with Crippen molar-refractivity contribution in [3.8, 4) is 28.1 Å². The second kappa shape index (κ2) is 8.87. The number of amides is 1. The van der Waals surface area contributed by atoms with Gasteiger partial charge >= 0.3 is 0 Å². The molecule has 6 heteroatoms. The maximum Gasteiger partial charge on any atom is 0.263 e. The largest absolute Gasteiger partial charge is 0.497 e. The summed E-state index contributed by atoms with van der Waals surface area (Å²) in [6, 6.07) is 18.2. The molecule has 33 heavy (non-hydrogen) atoms. The van der Waals surface area contributed by atoms with Crippen molar-refractivity contribution < 1.29 is 9.53 Å². The maximum atomic E-state index is 13.1. The van der Waals surface area contributed by atoms with Gasteiger partial charge in [0.1, 0.15) is 15.5 Å². The minimum absolute atomic E-state index is 0.164. The number of carbonyl (C=O) groups excluding carboxylic acids is 1. The minimum Gasteiger partial charge on any atom is -0.497 e. The van der Waals surface area contributed by atoms with Crippen molar-refractivity contribution in [1.82, 2.24) is 10.3 Å². The monoisotopic (exact) mass is 459 g/mol. The van der Waals surface area contributed by atoms with E-state index in [1.54, 1.807) is 7.11 Å². The Kier molecular flexibility index (Phi) is 6.13. The second-order valence-electron chi connectivity index (χ2n) is 8.87. The van der Waals surface area contributed by atoms with Gasteiger partial charge in [-0.2, -0.15) is 0 Å². The van der Waals surface area contributed by atoms with Gasteiger partial charge in [0.2, 0.25) is 0 Å². The highest BCUT2D eigenvalue weighted by atomic mass is 32.1. The zero-order chi connectivity index (χ0) is 23.8. The summed E-state index contributed by atoms with van der Waals surface area (Å²) < 4.78 is 5.29. The van der Waals surface area contributed by atoms with Crippen LogP contribution in [-0.2, 0) is 0 Å². The first-order chi connectivity index (χ1) is 15.7. The molecule has 0 spiro atoms. The zero-order valence-electron chi connectivity index (χ0n) is 19.7. The van der Waals surface area contributed by atoms with Crippen molar-refractivity contribution in [2.75, 3.05) is 12.8 Å². The van der Waals surface area contributed by atoms with Crippen molar-refractivity contribution in [1.29, 1.82) is 0 Å². The van der Waals surface area contributed by atoms with Crippen molar-refractivity contribution >= 4 is 33.1 Å². The van der Waals surface area contributed by atoms with Gasteiger partial charge in [-0.25, -0.2) is 4.98 Å². The highest BCUT2D eigenvalue weighted by Gasteiger charge is 2.25. The Hall–Kier alpha value is -3.38. The average Bonchev–Trinajstić information content (AvgIpc) is 3.15. The van der Waals surface area contributed by atoms with Gasteiger partial charge in [-0.3, -0.25) is 4.79 Å². The summed E-state index contributed by atoms with van der Waals surface area (Å²) in [6.07, 6.45) is 0.817. The molecule has 4 rings (SSSR count). The number of benzene rings is 2. The standard InChI is InChI=1S/C27H29N3O2S/c1-6-27(3,4)30-25(31)24-23(28)22-20(17-9-7-16(2)8-10-17)15-21(29-26(22)33-24)18-11-13-19(32-5)14-12-18/h7-15H,6,28H2,1-5H3,(H,30,31). The predicted octanol–water partition coefficient (Wildman–Crippen LogP) is 6.45. The molecule has 4 aromatic rings. The number of aromatic nitrogens is 1. The van der Waals surface area contributed by atoms with Crippen molar-refractivity contribution in [3.63, 3.8) is 0 Å². The van der Waals surface area contributed by atoms with Gasteiger partial charge in [0.25, 0.3) is 5.91 Å². The molecule has 2 aromatic heterocycles. The molecule has 0 radical (unpaired) electrons. The van der Waals surface area contributed by atoms with Crippen LogP contribution in [0.5, 0.6) is 5.75 Å². The molecule has 1 amide bonds. The van der Waals surface area contributed by atoms with E-state index < -0.39 is 0 Å². The molecule has 0 aliphatic rings. The number of nitrogens with two attached hydrogens (primary N) is 1. The van der Waals surface area contributed by atoms with Gasteiger partial charge in [0.15, 0.2) is 0 Å². The summed E-state index contributed by atoms with van der Waals surface area (Å²) in [7, 11) is 1.65. The van der Waals surface area contributed by atoms with Crippen LogP contribution in [0.4, 0.5) is 5.69 Å². The van der Waals surface area contributed by atoms with Gasteiger partial charge in [-0.05, 0) is 68.7 Å². The molecule has 0 saturated heterocycles. The zero-order valence-corrected chi connectivity index (χ0v) is 20.5. The Morgan fingerprint density at radius 2 is 1.73 bits per heavy atom. The average molecular weight is 460 g/mol. The van der Waals surface area contributed by atoms with Gasteiger partial charge in [0, 0.05) is 16.5 Å². The highest BCUT2D eigenvalue weighted by Crippen LogP contribution is 2.41. The number of fused-ring (bicyclic) bond motifs is 1. The molecule has 0 atom stereocenters. The van der Waals surface area contributed by atoms with Crippen LogP contribution in [0.1, 0.15) is 42.4 Å². The van der Waals surface area contributed by atoms with Gasteiger partial charge in [-0.1, -0.05) is 36.8 Å². The number of thiophene rings is 1. The molecular formula is C27H29N3O2S. The molecule has 2 aromatic carbocycles. The second-order valence-corrected chi connectivity index (χ2v) is 9.87. The smallest absolute Gasteiger partial charge is 0.263 e. The van der Waals surface area contributed by atoms with Crippen LogP contribution in [0.3, 0.4) is 0 Å². The Morgan fingerprint density at radius 1 is 1.09 bits per heavy atom. The first-order valence-corrected chi connectivity index (χ1v) is 11.8. The van der Waals surface area contributed by atoms with E-state index in [1.807, 2.05) is 45.0 Å². The van der Waals surface area contributed by atoms with Crippen molar-refractivity contribution in [2.45, 2.75) is 39.7 Å². The van der Waals surface area contributed by atoms with Gasteiger partial charge in [-0.15, -0.1) is 11.3 Å². The molecule has 170 valence electrons. The topological polar surface area (TPSA) is 77.2 Å². The Bertz CT molecular complexity index is 1310. The first kappa shape index (κ1) is 22.8. The highest BCUT2D eigenvalue weighted by molar-refractivity contribution is 7.21. The van der Waals surface area contributed by atoms with Crippen LogP contribution in [-0.4, -0.2) is 23.5 Å². The first-order valence-electron chi connectivity index (χ1n) is 11.0. The minimum atomic E-state index is -0.318. The van der Waals surface area contributed by atoms with Crippen LogP contribution in [0.2, 0.25) is 0 Å². The lowest BCUT2D eigenvalue weighted by Gasteiger charge is -2.24. The number of carbonyl (C=O) groups is 1. The summed E-state index contributed by atoms with van der Waals surface area (Å²) in [5, 5.41) is 3.92. The molecule has 0 aliphatic carbocycles. The Labute approximate surface area is 198 Å². The lowest BCUT2D eigenvalue weighted by Crippen LogP contribution is -2.42. The van der Waals surface area contributed by atoms with Crippen molar-refractivity contribution in [3.05, 3.63) is 65.0 Å². The molecule has 2 heterocycles. The predicted molar refractivity (Wildman–Crippen MR) is 138 cm³/mol. The molecule has 0 unspecified atom stereocenters. The van der Waals surface area contributed by atoms with Crippen LogP contribution >= 0.6 is 11.3 Å². The molecule has 0 saturated carbocycles. The number of ether oxygens (including phenoxy) is 1. The number of rotatable bonds is 6. The van der Waals surface area contributed by atoms with E-state index in [2.05, 4.69) is 42.6 Å². The quantitative estimate of drug-likeness (QED) is 0.347. The van der Waals surface area contributed by atoms with Gasteiger partial charge < -0.3 is 15.8 Å². The fourth-order valence-corrected chi connectivity index (χ4v) is 4.63. The van der Waals surface area contributed by atoms with Crippen LogP contribution in [0.25, 0.3) is 32.6 Å². The SMILES string of the molecule is CCC(C)(C)NC(=O)c1sc2nc(-c3ccc(OC)cc3)cc(-c3ccc(C)cc3)c2c1N. The normalized spacial score (nSPS) is 11.5. The molecule has 3 N–H and O–H groups in total. The van der Waals surface area contributed by atoms with Gasteiger partial charge in [0.05, 0.1) is 18.5 Å². The molecule has 0 aliphatic heterocycles. The fourth-order valence-electron chi connectivity index (χ4n) is 3.61. The summed E-state index contributed by atoms with van der Waals surface area (Å²) in [5.74, 6) is 0.625. The third-order valence-corrected chi connectivity index (χ3v) is 7.09.